The third-order valence-electron chi connectivity index (χ3n) is 2.34. The van der Waals surface area contributed by atoms with Gasteiger partial charge in [0, 0.05) is 17.5 Å². The number of hydrogen-bond donors (Lipinski definition) is 1. The molecule has 0 aromatic heterocycles. The van der Waals surface area contributed by atoms with E-state index in [-0.39, 0.29) is 12.1 Å². The highest BCUT2D eigenvalue weighted by Gasteiger charge is 2.06. The molecule has 0 aliphatic heterocycles. The highest BCUT2D eigenvalue weighted by Crippen LogP contribution is 2.19. The lowest BCUT2D eigenvalue weighted by atomic mass is 10.2. The second-order valence-electron chi connectivity index (χ2n) is 5.01. The first-order valence-electron chi connectivity index (χ1n) is 6.62. The fourth-order valence-electron chi connectivity index (χ4n) is 1.51. The van der Waals surface area contributed by atoms with Crippen molar-refractivity contribution >= 4 is 17.7 Å². The van der Waals surface area contributed by atoms with Gasteiger partial charge in [-0.25, -0.2) is 0 Å². The molecule has 106 valence electrons. The zero-order chi connectivity index (χ0) is 14.3. The fraction of sp³-hybridized carbons (Fsp3) is 0.533. The van der Waals surface area contributed by atoms with Crippen LogP contribution in [0.15, 0.2) is 29.2 Å². The van der Waals surface area contributed by atoms with E-state index in [1.807, 2.05) is 26.0 Å². The molecular weight excluding hydrogens is 258 g/mol. The second kappa shape index (κ2) is 8.23. The summed E-state index contributed by atoms with van der Waals surface area (Å²) >= 11 is 1.52. The van der Waals surface area contributed by atoms with Gasteiger partial charge in [0.1, 0.15) is 0 Å². The molecule has 0 saturated heterocycles. The van der Waals surface area contributed by atoms with Gasteiger partial charge in [0.05, 0.1) is 11.9 Å². The Labute approximate surface area is 120 Å². The number of carbonyl (C=O) groups is 1. The SMILES string of the molecule is CC(C)NCc1cccc(SCC(=O)OC(C)C)c1. The van der Waals surface area contributed by atoms with Crippen LogP contribution in [0.4, 0.5) is 0 Å². The monoisotopic (exact) mass is 281 g/mol. The van der Waals surface area contributed by atoms with E-state index < -0.39 is 0 Å². The normalized spacial score (nSPS) is 11.1. The Balaban J connectivity index is 2.45. The van der Waals surface area contributed by atoms with Gasteiger partial charge in [0.25, 0.3) is 0 Å². The number of rotatable bonds is 7. The van der Waals surface area contributed by atoms with Crippen LogP contribution in [-0.2, 0) is 16.1 Å². The van der Waals surface area contributed by atoms with Crippen molar-refractivity contribution in [2.45, 2.75) is 51.3 Å². The quantitative estimate of drug-likeness (QED) is 0.615. The molecule has 0 amide bonds. The summed E-state index contributed by atoms with van der Waals surface area (Å²) in [5.41, 5.74) is 1.23. The van der Waals surface area contributed by atoms with E-state index in [9.17, 15) is 4.79 Å². The van der Waals surface area contributed by atoms with Crippen molar-refractivity contribution < 1.29 is 9.53 Å². The predicted molar refractivity (Wildman–Crippen MR) is 80.4 cm³/mol. The van der Waals surface area contributed by atoms with Gasteiger partial charge in [0.2, 0.25) is 0 Å². The van der Waals surface area contributed by atoms with Crippen LogP contribution < -0.4 is 5.32 Å². The number of ether oxygens (including phenoxy) is 1. The summed E-state index contributed by atoms with van der Waals surface area (Å²) in [7, 11) is 0. The minimum Gasteiger partial charge on any atom is -0.462 e. The molecule has 0 aliphatic carbocycles. The largest absolute Gasteiger partial charge is 0.462 e. The summed E-state index contributed by atoms with van der Waals surface area (Å²) in [6.07, 6.45) is -0.0466. The molecule has 0 aliphatic rings. The number of esters is 1. The van der Waals surface area contributed by atoms with Gasteiger partial charge in [-0.1, -0.05) is 26.0 Å². The van der Waals surface area contributed by atoms with Crippen LogP contribution in [0, 0.1) is 0 Å². The maximum Gasteiger partial charge on any atom is 0.316 e. The summed E-state index contributed by atoms with van der Waals surface area (Å²) in [6, 6.07) is 8.71. The first-order chi connectivity index (χ1) is 8.97. The van der Waals surface area contributed by atoms with E-state index in [0.29, 0.717) is 11.8 Å². The molecule has 1 N–H and O–H groups in total. The smallest absolute Gasteiger partial charge is 0.316 e. The zero-order valence-electron chi connectivity index (χ0n) is 12.1. The van der Waals surface area contributed by atoms with Gasteiger partial charge < -0.3 is 10.1 Å². The van der Waals surface area contributed by atoms with Crippen molar-refractivity contribution in [2.24, 2.45) is 0 Å². The molecule has 0 unspecified atom stereocenters. The molecule has 0 saturated carbocycles. The van der Waals surface area contributed by atoms with Crippen LogP contribution in [-0.4, -0.2) is 23.9 Å². The van der Waals surface area contributed by atoms with E-state index in [2.05, 4.69) is 31.3 Å². The third-order valence-corrected chi connectivity index (χ3v) is 3.30. The van der Waals surface area contributed by atoms with Crippen molar-refractivity contribution in [1.29, 1.82) is 0 Å². The Kier molecular flexibility index (Phi) is 6.95. The summed E-state index contributed by atoms with van der Waals surface area (Å²) in [6.45, 7) is 8.82. The minimum atomic E-state index is -0.161. The van der Waals surface area contributed by atoms with Crippen molar-refractivity contribution in [2.75, 3.05) is 5.75 Å². The van der Waals surface area contributed by atoms with Crippen molar-refractivity contribution in [1.82, 2.24) is 5.32 Å². The Morgan fingerprint density at radius 1 is 1.32 bits per heavy atom. The Morgan fingerprint density at radius 2 is 2.05 bits per heavy atom. The van der Waals surface area contributed by atoms with Crippen LogP contribution in [0.2, 0.25) is 0 Å². The zero-order valence-corrected chi connectivity index (χ0v) is 12.9. The maximum atomic E-state index is 11.5. The maximum absolute atomic E-state index is 11.5. The van der Waals surface area contributed by atoms with E-state index >= 15 is 0 Å². The summed E-state index contributed by atoms with van der Waals surface area (Å²) in [5, 5.41) is 3.38. The van der Waals surface area contributed by atoms with Crippen LogP contribution in [0.1, 0.15) is 33.3 Å². The van der Waals surface area contributed by atoms with Gasteiger partial charge in [-0.05, 0) is 31.5 Å². The van der Waals surface area contributed by atoms with Gasteiger partial charge in [-0.15, -0.1) is 11.8 Å². The first kappa shape index (κ1) is 16.1. The standard InChI is InChI=1S/C15H23NO2S/c1-11(2)16-9-13-6-5-7-14(8-13)19-10-15(17)18-12(3)4/h5-8,11-12,16H,9-10H2,1-4H3. The van der Waals surface area contributed by atoms with Crippen LogP contribution >= 0.6 is 11.8 Å². The lowest BCUT2D eigenvalue weighted by molar-refractivity contribution is -0.144. The van der Waals surface area contributed by atoms with Gasteiger partial charge >= 0.3 is 5.97 Å². The molecule has 1 aromatic carbocycles. The number of carbonyl (C=O) groups excluding carboxylic acids is 1. The van der Waals surface area contributed by atoms with Crippen molar-refractivity contribution in [3.05, 3.63) is 29.8 Å². The molecule has 1 rings (SSSR count). The molecule has 0 atom stereocenters. The van der Waals surface area contributed by atoms with Crippen molar-refractivity contribution in [3.63, 3.8) is 0 Å². The van der Waals surface area contributed by atoms with E-state index in [0.717, 1.165) is 11.4 Å². The number of nitrogens with one attached hydrogen (secondary N) is 1. The predicted octanol–water partition coefficient (Wildman–Crippen LogP) is 3.23. The average molecular weight is 281 g/mol. The van der Waals surface area contributed by atoms with Gasteiger partial charge in [0.15, 0.2) is 0 Å². The first-order valence-corrected chi connectivity index (χ1v) is 7.60. The average Bonchev–Trinajstić information content (AvgIpc) is 2.34. The van der Waals surface area contributed by atoms with E-state index in [1.54, 1.807) is 0 Å². The Bertz CT molecular complexity index is 405. The van der Waals surface area contributed by atoms with Gasteiger partial charge in [-0.3, -0.25) is 4.79 Å². The van der Waals surface area contributed by atoms with E-state index in [4.69, 9.17) is 4.74 Å². The number of hydrogen-bond acceptors (Lipinski definition) is 4. The van der Waals surface area contributed by atoms with Crippen LogP contribution in [0.3, 0.4) is 0 Å². The van der Waals surface area contributed by atoms with E-state index in [1.165, 1.54) is 17.3 Å². The topological polar surface area (TPSA) is 38.3 Å². The van der Waals surface area contributed by atoms with Crippen molar-refractivity contribution in [3.8, 4) is 0 Å². The molecule has 0 radical (unpaired) electrons. The summed E-state index contributed by atoms with van der Waals surface area (Å²) < 4.78 is 5.11. The summed E-state index contributed by atoms with van der Waals surface area (Å²) in [5.74, 6) is 0.199. The molecule has 4 heteroatoms. The lowest BCUT2D eigenvalue weighted by Gasteiger charge is -2.10. The Morgan fingerprint density at radius 3 is 2.68 bits per heavy atom. The van der Waals surface area contributed by atoms with Crippen LogP contribution in [0.5, 0.6) is 0 Å². The molecular formula is C15H23NO2S. The van der Waals surface area contributed by atoms with Crippen LogP contribution in [0.25, 0.3) is 0 Å². The third kappa shape index (κ3) is 7.23. The highest BCUT2D eigenvalue weighted by atomic mass is 32.2. The second-order valence-corrected chi connectivity index (χ2v) is 6.06. The van der Waals surface area contributed by atoms with Gasteiger partial charge in [-0.2, -0.15) is 0 Å². The summed E-state index contributed by atoms with van der Waals surface area (Å²) in [4.78, 5) is 12.6. The number of benzene rings is 1. The molecule has 0 heterocycles. The number of thioether (sulfide) groups is 1. The fourth-order valence-corrected chi connectivity index (χ4v) is 2.27. The minimum absolute atomic E-state index is 0.0466. The highest BCUT2D eigenvalue weighted by molar-refractivity contribution is 8.00. The molecule has 0 spiro atoms. The molecule has 1 aromatic rings. The molecule has 0 fully saturated rings. The Hall–Kier alpha value is -1.00. The molecule has 3 nitrogen and oxygen atoms in total. The molecule has 19 heavy (non-hydrogen) atoms. The lowest BCUT2D eigenvalue weighted by Crippen LogP contribution is -2.21. The molecule has 0 bridgehead atoms.